The minimum absolute atomic E-state index is 0. The minimum atomic E-state index is -4.62. The van der Waals surface area contributed by atoms with Crippen molar-refractivity contribution in [3.63, 3.8) is 0 Å². The van der Waals surface area contributed by atoms with Crippen LogP contribution in [0.15, 0.2) is 12.2 Å². The molecule has 1 atom stereocenters. The molecular weight excluding hydrogens is 556 g/mol. The van der Waals surface area contributed by atoms with Gasteiger partial charge in [0.1, 0.15) is 0 Å². The van der Waals surface area contributed by atoms with Crippen molar-refractivity contribution < 1.29 is 68.5 Å². The van der Waals surface area contributed by atoms with Gasteiger partial charge in [-0.1, -0.05) is 193 Å². The molecule has 0 amide bonds. The summed E-state index contributed by atoms with van der Waals surface area (Å²) < 4.78 is 37.4. The summed E-state index contributed by atoms with van der Waals surface area (Å²) in [5.74, 6) is 0.0167. The predicted octanol–water partition coefficient (Wildman–Crippen LogP) is 8.99. The van der Waals surface area contributed by atoms with Gasteiger partial charge in [0.15, 0.2) is 0 Å². The summed E-state index contributed by atoms with van der Waals surface area (Å²) in [6.07, 6.45) is 42.4. The fraction of sp³-hybridized carbons (Fsp3) is 0.943. The van der Waals surface area contributed by atoms with Gasteiger partial charge in [0.2, 0.25) is 10.4 Å². The van der Waals surface area contributed by atoms with E-state index in [9.17, 15) is 13.0 Å². The third-order valence-electron chi connectivity index (χ3n) is 8.24. The van der Waals surface area contributed by atoms with Gasteiger partial charge in [-0.3, -0.25) is 4.18 Å². The fourth-order valence-corrected chi connectivity index (χ4v) is 5.92. The van der Waals surface area contributed by atoms with Crippen LogP contribution in [0.5, 0.6) is 0 Å². The molecule has 0 aromatic rings. The first-order valence-corrected chi connectivity index (χ1v) is 19.1. The maximum Gasteiger partial charge on any atom is 1.00 e. The van der Waals surface area contributed by atoms with Crippen LogP contribution < -0.4 is 51.4 Å². The van der Waals surface area contributed by atoms with Crippen molar-refractivity contribution in [1.82, 2.24) is 0 Å². The Bertz CT molecular complexity index is 624. The molecule has 0 heterocycles. The first kappa shape index (κ1) is 44.4. The Labute approximate surface area is 300 Å². The van der Waals surface area contributed by atoms with Crippen LogP contribution in [0.2, 0.25) is 0 Å². The molecule has 0 radical (unpaired) electrons. The minimum Gasteiger partial charge on any atom is -0.726 e. The molecule has 0 spiro atoms. The van der Waals surface area contributed by atoms with Gasteiger partial charge in [0.25, 0.3) is 0 Å². The standard InChI is InChI=1S/C35H70O4S.K/c1-3-5-7-9-11-13-15-17-18-19-21-23-25-27-29-31-33-35(34-39-40(36,37)38)32-30-28-26-24-22-20-16-14-12-10-8-6-4-2;/h31,33,35H,3-30,32,34H2,1-2H3,(H,36,37,38);/q;+1/p-1/b33-31+;. The molecule has 0 fully saturated rings. The average Bonchev–Trinajstić information content (AvgIpc) is 2.93. The molecule has 0 aliphatic heterocycles. The molecule has 0 aromatic carbocycles. The molecule has 41 heavy (non-hydrogen) atoms. The summed E-state index contributed by atoms with van der Waals surface area (Å²) in [6.45, 7) is 4.53. The topological polar surface area (TPSA) is 66.4 Å². The van der Waals surface area contributed by atoms with Crippen LogP contribution in [0.3, 0.4) is 0 Å². The summed E-state index contributed by atoms with van der Waals surface area (Å²) in [5, 5.41) is 0. The van der Waals surface area contributed by atoms with Crippen molar-refractivity contribution >= 4 is 10.4 Å². The second kappa shape index (κ2) is 35.7. The smallest absolute Gasteiger partial charge is 0.726 e. The summed E-state index contributed by atoms with van der Waals surface area (Å²) in [4.78, 5) is 0. The Morgan fingerprint density at radius 1 is 0.537 bits per heavy atom. The number of hydrogen-bond acceptors (Lipinski definition) is 4. The van der Waals surface area contributed by atoms with Gasteiger partial charge in [-0.05, 0) is 19.3 Å². The first-order chi connectivity index (χ1) is 19.5. The van der Waals surface area contributed by atoms with Gasteiger partial charge in [0.05, 0.1) is 6.61 Å². The second-order valence-electron chi connectivity index (χ2n) is 12.3. The van der Waals surface area contributed by atoms with Crippen LogP contribution in [0.1, 0.15) is 200 Å². The van der Waals surface area contributed by atoms with E-state index in [1.165, 1.54) is 167 Å². The van der Waals surface area contributed by atoms with E-state index >= 15 is 0 Å². The predicted molar refractivity (Wildman–Crippen MR) is 174 cm³/mol. The second-order valence-corrected chi connectivity index (χ2v) is 13.3. The zero-order chi connectivity index (χ0) is 29.4. The number of allylic oxidation sites excluding steroid dienone is 1. The maximum absolute atomic E-state index is 10.9. The Hall–Kier alpha value is 1.25. The molecule has 6 heteroatoms. The summed E-state index contributed by atoms with van der Waals surface area (Å²) in [7, 11) is -4.62. The largest absolute Gasteiger partial charge is 1.00 e. The molecule has 0 saturated heterocycles. The van der Waals surface area contributed by atoms with Crippen LogP contribution in [0.25, 0.3) is 0 Å². The molecule has 0 bridgehead atoms. The third kappa shape index (κ3) is 39.2. The van der Waals surface area contributed by atoms with E-state index in [1.54, 1.807) is 0 Å². The fourth-order valence-electron chi connectivity index (χ4n) is 5.58. The Balaban J connectivity index is 0. The monoisotopic (exact) mass is 624 g/mol. The molecule has 240 valence electrons. The summed E-state index contributed by atoms with van der Waals surface area (Å²) in [5.41, 5.74) is 0. The van der Waals surface area contributed by atoms with E-state index in [0.29, 0.717) is 0 Å². The van der Waals surface area contributed by atoms with Crippen LogP contribution in [-0.2, 0) is 14.6 Å². The molecule has 0 aliphatic rings. The number of hydrogen-bond donors (Lipinski definition) is 0. The van der Waals surface area contributed by atoms with Gasteiger partial charge in [-0.2, -0.15) is 0 Å². The van der Waals surface area contributed by atoms with Gasteiger partial charge in [0, 0.05) is 5.92 Å². The van der Waals surface area contributed by atoms with Crippen molar-refractivity contribution in [2.75, 3.05) is 6.61 Å². The average molecular weight is 625 g/mol. The Morgan fingerprint density at radius 2 is 0.854 bits per heavy atom. The van der Waals surface area contributed by atoms with Gasteiger partial charge in [-0.25, -0.2) is 8.42 Å². The third-order valence-corrected chi connectivity index (χ3v) is 8.66. The molecule has 0 N–H and O–H groups in total. The van der Waals surface area contributed by atoms with Crippen LogP contribution >= 0.6 is 0 Å². The van der Waals surface area contributed by atoms with Crippen LogP contribution in [0.4, 0.5) is 0 Å². The molecule has 0 rings (SSSR count). The molecule has 4 nitrogen and oxygen atoms in total. The SMILES string of the molecule is CCCCCCCCCCCCCCCC/C=C/C(CCCCCCCCCCCCCCC)COS(=O)(=O)[O-].[K+]. The van der Waals surface area contributed by atoms with E-state index in [4.69, 9.17) is 0 Å². The molecule has 0 saturated carbocycles. The van der Waals surface area contributed by atoms with Crippen LogP contribution in [0, 0.1) is 5.92 Å². The molecule has 0 aromatic heterocycles. The molecule has 0 aliphatic carbocycles. The maximum atomic E-state index is 10.9. The molecular formula is C35H69KO4S. The Kier molecular flexibility index (Phi) is 38.7. The van der Waals surface area contributed by atoms with E-state index in [2.05, 4.69) is 30.2 Å². The van der Waals surface area contributed by atoms with Gasteiger partial charge >= 0.3 is 51.4 Å². The first-order valence-electron chi connectivity index (χ1n) is 17.8. The quantitative estimate of drug-likeness (QED) is 0.0240. The van der Waals surface area contributed by atoms with Crippen LogP contribution in [-0.4, -0.2) is 19.6 Å². The van der Waals surface area contributed by atoms with Gasteiger partial charge < -0.3 is 4.55 Å². The van der Waals surface area contributed by atoms with E-state index in [0.717, 1.165) is 19.3 Å². The Morgan fingerprint density at radius 3 is 1.20 bits per heavy atom. The van der Waals surface area contributed by atoms with E-state index < -0.39 is 10.4 Å². The van der Waals surface area contributed by atoms with Crippen molar-refractivity contribution in [2.45, 2.75) is 200 Å². The van der Waals surface area contributed by atoms with Gasteiger partial charge in [-0.15, -0.1) is 0 Å². The number of unbranched alkanes of at least 4 members (excludes halogenated alkanes) is 26. The van der Waals surface area contributed by atoms with E-state index in [-0.39, 0.29) is 63.9 Å². The molecule has 1 unspecified atom stereocenters. The zero-order valence-corrected chi connectivity index (χ0v) is 31.9. The normalized spacial score (nSPS) is 12.7. The van der Waals surface area contributed by atoms with Crippen molar-refractivity contribution in [2.24, 2.45) is 5.92 Å². The van der Waals surface area contributed by atoms with Crippen molar-refractivity contribution in [1.29, 1.82) is 0 Å². The summed E-state index contributed by atoms with van der Waals surface area (Å²) in [6, 6.07) is 0. The summed E-state index contributed by atoms with van der Waals surface area (Å²) >= 11 is 0. The van der Waals surface area contributed by atoms with Crippen molar-refractivity contribution in [3.05, 3.63) is 12.2 Å². The number of rotatable bonds is 33. The van der Waals surface area contributed by atoms with E-state index in [1.807, 2.05) is 0 Å². The zero-order valence-electron chi connectivity index (χ0n) is 28.0. The van der Waals surface area contributed by atoms with Crippen molar-refractivity contribution in [3.8, 4) is 0 Å².